The number of amides is 2. The molecule has 0 radical (unpaired) electrons. The van der Waals surface area contributed by atoms with Crippen molar-refractivity contribution in [3.8, 4) is 34.0 Å². The molecule has 58 heavy (non-hydrogen) atoms. The zero-order chi connectivity index (χ0) is 41.3. The van der Waals surface area contributed by atoms with Crippen LogP contribution in [0.3, 0.4) is 0 Å². The lowest BCUT2D eigenvalue weighted by molar-refractivity contribution is -0.136. The van der Waals surface area contributed by atoms with Crippen molar-refractivity contribution >= 4 is 23.5 Å². The van der Waals surface area contributed by atoms with Gasteiger partial charge in [0.05, 0.1) is 31.0 Å². The molecule has 2 heterocycles. The number of fused-ring (bicyclic) bond motifs is 5. The molecule has 0 saturated heterocycles. The quantitative estimate of drug-likeness (QED) is 0.0497. The number of benzene rings is 3. The lowest BCUT2D eigenvalue weighted by atomic mass is 9.73. The molecule has 6 rings (SSSR count). The molecular formula is C47H57N5O6. The van der Waals surface area contributed by atoms with Gasteiger partial charge in [0.2, 0.25) is 11.8 Å². The van der Waals surface area contributed by atoms with Crippen molar-refractivity contribution in [1.29, 1.82) is 0 Å². The number of hydrogen-bond donors (Lipinski definition) is 2. The Kier molecular flexibility index (Phi) is 14.0. The minimum absolute atomic E-state index is 0.00867. The molecule has 4 aromatic rings. The highest BCUT2D eigenvalue weighted by Crippen LogP contribution is 2.47. The lowest BCUT2D eigenvalue weighted by Crippen LogP contribution is -2.34. The molecule has 0 spiro atoms. The Bertz CT molecular complexity index is 2170. The molecular weight excluding hydrogens is 731 g/mol. The minimum Gasteiger partial charge on any atom is -0.507 e. The van der Waals surface area contributed by atoms with Crippen LogP contribution in [0.15, 0.2) is 84.5 Å². The van der Waals surface area contributed by atoms with Crippen molar-refractivity contribution in [2.45, 2.75) is 118 Å². The van der Waals surface area contributed by atoms with E-state index in [-0.39, 0.29) is 74.6 Å². The first-order valence-corrected chi connectivity index (χ1v) is 20.6. The van der Waals surface area contributed by atoms with Crippen LogP contribution in [0.2, 0.25) is 0 Å². The van der Waals surface area contributed by atoms with E-state index in [1.54, 1.807) is 9.58 Å². The molecule has 11 heteroatoms. The Hall–Kier alpha value is -5.55. The van der Waals surface area contributed by atoms with Gasteiger partial charge in [-0.25, -0.2) is 4.68 Å². The third kappa shape index (κ3) is 9.93. The van der Waals surface area contributed by atoms with Gasteiger partial charge in [-0.1, -0.05) is 91.2 Å². The molecule has 0 fully saturated rings. The average Bonchev–Trinajstić information content (AvgIpc) is 3.59. The number of rotatable bonds is 16. The van der Waals surface area contributed by atoms with E-state index < -0.39 is 5.97 Å². The number of phenols is 1. The van der Waals surface area contributed by atoms with Crippen LogP contribution in [0, 0.1) is 5.92 Å². The highest BCUT2D eigenvalue weighted by molar-refractivity contribution is 6.01. The highest BCUT2D eigenvalue weighted by atomic mass is 16.5. The van der Waals surface area contributed by atoms with E-state index in [9.17, 15) is 19.5 Å². The molecule has 3 aromatic carbocycles. The number of aromatic hydroxyl groups is 1. The summed E-state index contributed by atoms with van der Waals surface area (Å²) in [5, 5.41) is 23.4. The van der Waals surface area contributed by atoms with Crippen LogP contribution in [0.5, 0.6) is 11.5 Å². The largest absolute Gasteiger partial charge is 0.507 e. The summed E-state index contributed by atoms with van der Waals surface area (Å²) >= 11 is 0. The number of carbonyl (C=O) groups is 3. The number of aromatic nitrogens is 3. The number of para-hydroxylation sites is 1. The fourth-order valence-electron chi connectivity index (χ4n) is 8.07. The first-order valence-electron chi connectivity index (χ1n) is 20.6. The molecule has 0 bridgehead atoms. The molecule has 2 amide bonds. The van der Waals surface area contributed by atoms with Crippen LogP contribution < -0.4 is 15.0 Å². The standard InChI is InChI=1S/C47H57N5O6/c1-7-8-9-14-33-26-40(53)45(38-25-32(6)19-20-35(38)30(2)3)41(27-33)58-44(56)23-24-57-29-52-47-36-16-11-10-15-34(36)28-51(43(55)22-21-42(54)48-31(4)5)39-18-13-12-17-37(39)46(47)49-50-52/h10-13,15-18,25-27,31,35,38,53H,2,7-9,14,19-24,28-29H2,1,3-6H3,(H,48,54)/t35-,38+/m0/s1. The smallest absolute Gasteiger partial charge is 0.313 e. The molecule has 2 atom stereocenters. The van der Waals surface area contributed by atoms with Crippen molar-refractivity contribution in [2.75, 3.05) is 11.5 Å². The molecule has 1 aromatic heterocycles. The van der Waals surface area contributed by atoms with Gasteiger partial charge < -0.3 is 24.8 Å². The van der Waals surface area contributed by atoms with Gasteiger partial charge in [0.1, 0.15) is 23.9 Å². The Labute approximate surface area is 342 Å². The van der Waals surface area contributed by atoms with E-state index in [4.69, 9.17) is 9.47 Å². The second kappa shape index (κ2) is 19.3. The minimum atomic E-state index is -0.464. The number of ether oxygens (including phenoxy) is 2. The molecule has 0 unspecified atom stereocenters. The first kappa shape index (κ1) is 42.1. The SMILES string of the molecule is C=C(C)[C@@H]1CCC(C)=C[C@H]1c1c(O)cc(CCCCC)cc1OC(=O)CCOCn1nnc2c1-c1ccccc1CN(C(=O)CCC(=O)NC(C)C)c1ccccc1-2. The Balaban J connectivity index is 1.20. The number of nitrogens with one attached hydrogen (secondary N) is 1. The average molecular weight is 788 g/mol. The van der Waals surface area contributed by atoms with Crippen LogP contribution in [-0.4, -0.2) is 50.5 Å². The summed E-state index contributed by atoms with van der Waals surface area (Å²) in [5.74, 6) is -0.308. The maximum Gasteiger partial charge on any atom is 0.313 e. The Morgan fingerprint density at radius 3 is 2.53 bits per heavy atom. The van der Waals surface area contributed by atoms with Crippen LogP contribution in [-0.2, 0) is 38.8 Å². The van der Waals surface area contributed by atoms with Gasteiger partial charge in [-0.15, -0.1) is 5.10 Å². The number of anilines is 1. The predicted molar refractivity (Wildman–Crippen MR) is 226 cm³/mol. The Morgan fingerprint density at radius 1 is 1.02 bits per heavy atom. The van der Waals surface area contributed by atoms with Gasteiger partial charge in [-0.05, 0) is 88.6 Å². The van der Waals surface area contributed by atoms with Crippen molar-refractivity contribution in [1.82, 2.24) is 20.3 Å². The van der Waals surface area contributed by atoms with Crippen LogP contribution >= 0.6 is 0 Å². The fourth-order valence-corrected chi connectivity index (χ4v) is 8.07. The van der Waals surface area contributed by atoms with Gasteiger partial charge in [0.25, 0.3) is 0 Å². The van der Waals surface area contributed by atoms with Crippen molar-refractivity contribution in [2.24, 2.45) is 5.92 Å². The van der Waals surface area contributed by atoms with E-state index in [1.807, 2.05) is 81.4 Å². The number of esters is 1. The van der Waals surface area contributed by atoms with E-state index in [1.165, 1.54) is 5.57 Å². The second-order valence-electron chi connectivity index (χ2n) is 15.9. The topological polar surface area (TPSA) is 136 Å². The third-order valence-electron chi connectivity index (χ3n) is 11.0. The van der Waals surface area contributed by atoms with E-state index in [0.717, 1.165) is 72.0 Å². The summed E-state index contributed by atoms with van der Waals surface area (Å²) in [6, 6.07) is 19.1. The first-order chi connectivity index (χ1) is 27.9. The summed E-state index contributed by atoms with van der Waals surface area (Å²) < 4.78 is 13.8. The van der Waals surface area contributed by atoms with Crippen molar-refractivity contribution in [3.05, 3.63) is 101 Å². The monoisotopic (exact) mass is 787 g/mol. The maximum absolute atomic E-state index is 13.8. The Morgan fingerprint density at radius 2 is 1.78 bits per heavy atom. The number of nitrogens with zero attached hydrogens (tertiary/aromatic N) is 4. The van der Waals surface area contributed by atoms with Gasteiger partial charge in [-0.2, -0.15) is 0 Å². The zero-order valence-electron chi connectivity index (χ0n) is 34.6. The number of hydrogen-bond acceptors (Lipinski definition) is 8. The molecule has 1 aliphatic carbocycles. The van der Waals surface area contributed by atoms with Crippen molar-refractivity contribution in [3.63, 3.8) is 0 Å². The fraction of sp³-hybridized carbons (Fsp3) is 0.426. The number of unbranched alkanes of at least 4 members (excludes halogenated alkanes) is 2. The summed E-state index contributed by atoms with van der Waals surface area (Å²) in [6.07, 6.45) is 8.09. The molecule has 2 aliphatic rings. The van der Waals surface area contributed by atoms with Gasteiger partial charge in [0.15, 0.2) is 0 Å². The van der Waals surface area contributed by atoms with Gasteiger partial charge >= 0.3 is 5.97 Å². The number of allylic oxidation sites excluding steroid dienone is 3. The number of aryl methyl sites for hydroxylation is 1. The van der Waals surface area contributed by atoms with Crippen LogP contribution in [0.4, 0.5) is 5.69 Å². The molecule has 11 nitrogen and oxygen atoms in total. The summed E-state index contributed by atoms with van der Waals surface area (Å²) in [4.78, 5) is 41.4. The maximum atomic E-state index is 13.8. The molecule has 2 N–H and O–H groups in total. The van der Waals surface area contributed by atoms with Crippen LogP contribution in [0.25, 0.3) is 22.5 Å². The van der Waals surface area contributed by atoms with Crippen LogP contribution in [0.1, 0.15) is 109 Å². The summed E-state index contributed by atoms with van der Waals surface area (Å²) in [5.41, 5.74) is 8.30. The highest BCUT2D eigenvalue weighted by Gasteiger charge is 2.32. The summed E-state index contributed by atoms with van der Waals surface area (Å²) in [6.45, 7) is 14.7. The normalized spacial score (nSPS) is 16.0. The molecule has 1 aliphatic heterocycles. The number of phenolic OH excluding ortho intramolecular Hbond substituents is 1. The van der Waals surface area contributed by atoms with Gasteiger partial charge in [0, 0.05) is 41.5 Å². The second-order valence-corrected chi connectivity index (χ2v) is 15.9. The predicted octanol–water partition coefficient (Wildman–Crippen LogP) is 9.19. The lowest BCUT2D eigenvalue weighted by Gasteiger charge is -2.32. The van der Waals surface area contributed by atoms with E-state index in [2.05, 4.69) is 42.1 Å². The zero-order valence-corrected chi connectivity index (χ0v) is 34.6. The van der Waals surface area contributed by atoms with Crippen molar-refractivity contribution < 1.29 is 29.0 Å². The van der Waals surface area contributed by atoms with E-state index >= 15 is 0 Å². The van der Waals surface area contributed by atoms with Gasteiger partial charge in [-0.3, -0.25) is 14.4 Å². The molecule has 306 valence electrons. The summed E-state index contributed by atoms with van der Waals surface area (Å²) in [7, 11) is 0. The van der Waals surface area contributed by atoms with E-state index in [0.29, 0.717) is 22.7 Å². The molecule has 0 saturated carbocycles. The third-order valence-corrected chi connectivity index (χ3v) is 11.0. The number of carbonyl (C=O) groups excluding carboxylic acids is 3.